The van der Waals surface area contributed by atoms with Crippen molar-refractivity contribution in [3.05, 3.63) is 58.2 Å². The number of nitrogens with zero attached hydrogens (tertiary/aromatic N) is 8. The van der Waals surface area contributed by atoms with Gasteiger partial charge in [0.25, 0.3) is 5.95 Å². The molecule has 0 bridgehead atoms. The molecule has 0 aliphatic heterocycles. The molecule has 9 nitrogen and oxygen atoms in total. The molecule has 0 spiro atoms. The first kappa shape index (κ1) is 29.9. The van der Waals surface area contributed by atoms with Crippen molar-refractivity contribution in [3.63, 3.8) is 0 Å². The maximum absolute atomic E-state index is 14.4. The Balaban J connectivity index is 1.63. The highest BCUT2D eigenvalue weighted by Crippen LogP contribution is 2.42. The third-order valence-corrected chi connectivity index (χ3v) is 8.60. The largest absolute Gasteiger partial charge is 0.416 e. The van der Waals surface area contributed by atoms with Crippen LogP contribution in [-0.2, 0) is 38.8 Å². The SMILES string of the molecule is CCC(CN)(CC1CCCC1)c1nc2c(cc1CN(Cc1cc(F)cc(C(F)(F)F)c1)c1nnn(C)n1)c(C)nn2C. The van der Waals surface area contributed by atoms with E-state index in [1.165, 1.54) is 17.6 Å². The summed E-state index contributed by atoms with van der Waals surface area (Å²) in [6.07, 6.45) is 1.69. The molecule has 3 heterocycles. The minimum Gasteiger partial charge on any atom is -0.330 e. The van der Waals surface area contributed by atoms with E-state index in [4.69, 9.17) is 10.7 Å². The van der Waals surface area contributed by atoms with Crippen LogP contribution in [0, 0.1) is 18.7 Å². The lowest BCUT2D eigenvalue weighted by atomic mass is 9.72. The first-order valence-electron chi connectivity index (χ1n) is 14.3. The molecule has 226 valence electrons. The predicted molar refractivity (Wildman–Crippen MR) is 151 cm³/mol. The number of hydrogen-bond donors (Lipinski definition) is 1. The Labute approximate surface area is 242 Å². The zero-order chi connectivity index (χ0) is 30.2. The average molecular weight is 588 g/mol. The molecule has 1 aromatic carbocycles. The fraction of sp³-hybridized carbons (Fsp3) is 0.552. The molecule has 1 unspecified atom stereocenters. The molecule has 42 heavy (non-hydrogen) atoms. The van der Waals surface area contributed by atoms with Crippen LogP contribution < -0.4 is 10.6 Å². The number of pyridine rings is 1. The summed E-state index contributed by atoms with van der Waals surface area (Å²) in [5.74, 6) is -0.223. The monoisotopic (exact) mass is 587 g/mol. The Morgan fingerprint density at radius 1 is 1.05 bits per heavy atom. The second-order valence-electron chi connectivity index (χ2n) is 11.5. The number of anilines is 1. The predicted octanol–water partition coefficient (Wildman–Crippen LogP) is 5.35. The molecule has 13 heteroatoms. The summed E-state index contributed by atoms with van der Waals surface area (Å²) in [5, 5.41) is 17.9. The molecule has 2 N–H and O–H groups in total. The number of alkyl halides is 3. The van der Waals surface area contributed by atoms with Gasteiger partial charge in [0.1, 0.15) is 5.82 Å². The number of nitrogens with two attached hydrogens (primary N) is 1. The van der Waals surface area contributed by atoms with Gasteiger partial charge in [-0.2, -0.15) is 23.1 Å². The fourth-order valence-corrected chi connectivity index (χ4v) is 6.39. The molecule has 0 radical (unpaired) electrons. The van der Waals surface area contributed by atoms with Gasteiger partial charge in [0.2, 0.25) is 0 Å². The minimum atomic E-state index is -4.69. The van der Waals surface area contributed by atoms with Crippen molar-refractivity contribution in [2.45, 2.75) is 77.1 Å². The number of aromatic nitrogens is 7. The van der Waals surface area contributed by atoms with Gasteiger partial charge in [-0.1, -0.05) is 37.7 Å². The van der Waals surface area contributed by atoms with Crippen molar-refractivity contribution in [2.24, 2.45) is 25.7 Å². The highest BCUT2D eigenvalue weighted by Gasteiger charge is 2.38. The smallest absolute Gasteiger partial charge is 0.330 e. The van der Waals surface area contributed by atoms with Gasteiger partial charge in [0.05, 0.1) is 24.0 Å². The summed E-state index contributed by atoms with van der Waals surface area (Å²) in [6.45, 7) is 4.54. The van der Waals surface area contributed by atoms with Crippen LogP contribution in [0.1, 0.15) is 73.5 Å². The van der Waals surface area contributed by atoms with Crippen LogP contribution in [0.4, 0.5) is 23.5 Å². The van der Waals surface area contributed by atoms with Crippen molar-refractivity contribution in [1.29, 1.82) is 0 Å². The van der Waals surface area contributed by atoms with Crippen molar-refractivity contribution < 1.29 is 17.6 Å². The van der Waals surface area contributed by atoms with E-state index in [2.05, 4.69) is 27.4 Å². The normalized spacial score (nSPS) is 15.9. The highest BCUT2D eigenvalue weighted by atomic mass is 19.4. The Hall–Kier alpha value is -3.61. The van der Waals surface area contributed by atoms with Crippen LogP contribution in [0.3, 0.4) is 0 Å². The standard InChI is InChI=1S/C29H37F4N9/c1-5-28(17-34,14-19-8-6-7-9-19)25-21(12-24-18(2)37-40(3)26(24)35-25)16-42(27-36-39-41(4)38-27)15-20-10-22(29(31,32)33)13-23(30)11-20/h10-13,19H,5-9,14-17,34H2,1-4H3. The molecule has 1 aliphatic rings. The topological polar surface area (TPSA) is 104 Å². The first-order valence-corrected chi connectivity index (χ1v) is 14.3. The number of fused-ring (bicyclic) bond motifs is 1. The van der Waals surface area contributed by atoms with Gasteiger partial charge >= 0.3 is 6.18 Å². The quantitative estimate of drug-likeness (QED) is 0.250. The molecule has 1 aliphatic carbocycles. The first-order chi connectivity index (χ1) is 19.9. The van der Waals surface area contributed by atoms with Crippen molar-refractivity contribution in [3.8, 4) is 0 Å². The Morgan fingerprint density at radius 2 is 1.79 bits per heavy atom. The lowest BCUT2D eigenvalue weighted by Gasteiger charge is -2.36. The number of hydrogen-bond acceptors (Lipinski definition) is 7. The number of benzene rings is 1. The van der Waals surface area contributed by atoms with E-state index in [9.17, 15) is 17.6 Å². The van der Waals surface area contributed by atoms with E-state index in [0.717, 1.165) is 65.8 Å². The molecule has 1 atom stereocenters. The Morgan fingerprint density at radius 3 is 2.40 bits per heavy atom. The molecular weight excluding hydrogens is 550 g/mol. The average Bonchev–Trinajstić information content (AvgIpc) is 3.67. The summed E-state index contributed by atoms with van der Waals surface area (Å²) >= 11 is 0. The van der Waals surface area contributed by atoms with Gasteiger partial charge < -0.3 is 10.6 Å². The zero-order valence-corrected chi connectivity index (χ0v) is 24.4. The molecule has 0 saturated heterocycles. The van der Waals surface area contributed by atoms with Gasteiger partial charge in [-0.05, 0) is 66.3 Å². The molecular formula is C29H37F4N9. The molecule has 1 saturated carbocycles. The summed E-state index contributed by atoms with van der Waals surface area (Å²) in [5.41, 5.74) is 8.48. The number of rotatable bonds is 10. The highest BCUT2D eigenvalue weighted by molar-refractivity contribution is 5.79. The van der Waals surface area contributed by atoms with Gasteiger partial charge in [0, 0.05) is 37.5 Å². The van der Waals surface area contributed by atoms with Crippen LogP contribution in [0.15, 0.2) is 24.3 Å². The molecule has 0 amide bonds. The number of tetrazole rings is 1. The number of halogens is 4. The van der Waals surface area contributed by atoms with Crippen molar-refractivity contribution >= 4 is 17.0 Å². The lowest BCUT2D eigenvalue weighted by molar-refractivity contribution is -0.137. The third-order valence-electron chi connectivity index (χ3n) is 8.60. The van der Waals surface area contributed by atoms with Gasteiger partial charge in [-0.3, -0.25) is 4.68 Å². The fourth-order valence-electron chi connectivity index (χ4n) is 6.39. The maximum Gasteiger partial charge on any atom is 0.416 e. The zero-order valence-electron chi connectivity index (χ0n) is 24.4. The lowest BCUT2D eigenvalue weighted by Crippen LogP contribution is -2.39. The summed E-state index contributed by atoms with van der Waals surface area (Å²) in [4.78, 5) is 8.17. The molecule has 3 aromatic heterocycles. The van der Waals surface area contributed by atoms with Crippen LogP contribution >= 0.6 is 0 Å². The minimum absolute atomic E-state index is 0.0829. The van der Waals surface area contributed by atoms with Crippen molar-refractivity contribution in [2.75, 3.05) is 11.4 Å². The second-order valence-corrected chi connectivity index (χ2v) is 11.5. The van der Waals surface area contributed by atoms with Crippen LogP contribution in [0.2, 0.25) is 0 Å². The van der Waals surface area contributed by atoms with Crippen molar-refractivity contribution in [1.82, 2.24) is 35.0 Å². The van der Waals surface area contributed by atoms with E-state index in [0.29, 0.717) is 18.5 Å². The number of aryl methyl sites for hydroxylation is 3. The summed E-state index contributed by atoms with van der Waals surface area (Å²) in [6, 6.07) is 4.60. The van der Waals surface area contributed by atoms with E-state index >= 15 is 0 Å². The van der Waals surface area contributed by atoms with E-state index in [1.807, 2.05) is 20.0 Å². The molecule has 1 fully saturated rings. The van der Waals surface area contributed by atoms with E-state index in [1.54, 1.807) is 16.6 Å². The van der Waals surface area contributed by atoms with E-state index < -0.39 is 23.0 Å². The van der Waals surface area contributed by atoms with Gasteiger partial charge in [0.15, 0.2) is 5.65 Å². The summed E-state index contributed by atoms with van der Waals surface area (Å²) in [7, 11) is 3.46. The maximum atomic E-state index is 14.4. The Bertz CT molecular complexity index is 1550. The molecule has 5 rings (SSSR count). The van der Waals surface area contributed by atoms with Crippen LogP contribution in [0.25, 0.3) is 11.0 Å². The van der Waals surface area contributed by atoms with E-state index in [-0.39, 0.29) is 24.6 Å². The Kier molecular flexibility index (Phi) is 8.23. The van der Waals surface area contributed by atoms with Gasteiger partial charge in [-0.25, -0.2) is 9.37 Å². The van der Waals surface area contributed by atoms with Crippen LogP contribution in [0.5, 0.6) is 0 Å². The third kappa shape index (κ3) is 5.97. The van der Waals surface area contributed by atoms with Crippen LogP contribution in [-0.4, -0.2) is 41.5 Å². The summed E-state index contributed by atoms with van der Waals surface area (Å²) < 4.78 is 56.7. The molecule has 4 aromatic rings. The van der Waals surface area contributed by atoms with Gasteiger partial charge in [-0.15, -0.1) is 5.10 Å². The second kappa shape index (κ2) is 11.6.